The Morgan fingerprint density at radius 1 is 1.02 bits per heavy atom. The molecule has 1 aliphatic carbocycles. The number of fused-ring (bicyclic) bond motifs is 2. The van der Waals surface area contributed by atoms with Crippen molar-refractivity contribution in [1.29, 1.82) is 0 Å². The maximum atomic E-state index is 11.7. The fourth-order valence-electron chi connectivity index (χ4n) is 7.34. The Bertz CT molecular complexity index is 1820. The molecule has 1 N–H and O–H groups in total. The number of rotatable bonds is 14. The largest absolute Gasteiger partial charge is 0.487 e. The highest BCUT2D eigenvalue weighted by Gasteiger charge is 2.42. The molecule has 2 saturated heterocycles. The minimum absolute atomic E-state index is 0.0459. The minimum Gasteiger partial charge on any atom is -0.487 e. The Labute approximate surface area is 296 Å². The van der Waals surface area contributed by atoms with Crippen molar-refractivity contribution in [3.63, 3.8) is 0 Å². The van der Waals surface area contributed by atoms with E-state index in [-0.39, 0.29) is 24.5 Å². The summed E-state index contributed by atoms with van der Waals surface area (Å²) in [7, 11) is -3.09. The van der Waals surface area contributed by atoms with Crippen LogP contribution in [0.2, 0.25) is 5.02 Å². The van der Waals surface area contributed by atoms with Crippen LogP contribution in [0.4, 0.5) is 11.6 Å². The average Bonchev–Trinajstić information content (AvgIpc) is 3.82. The molecule has 0 unspecified atom stereocenters. The summed E-state index contributed by atoms with van der Waals surface area (Å²) >= 11 is 6.45. The first-order valence-electron chi connectivity index (χ1n) is 17.2. The second-order valence-electron chi connectivity index (χ2n) is 13.5. The Morgan fingerprint density at radius 3 is 2.44 bits per heavy atom. The lowest BCUT2D eigenvalue weighted by Crippen LogP contribution is -2.52. The van der Waals surface area contributed by atoms with Crippen molar-refractivity contribution >= 4 is 33.1 Å². The van der Waals surface area contributed by atoms with E-state index in [1.165, 1.54) is 25.4 Å². The van der Waals surface area contributed by atoms with E-state index in [4.69, 9.17) is 30.9 Å². The SMILES string of the molecule is C[C@@H](Cn1cnnn1)Oc1cc(-c2cnc(Nc3cn(C4CCC(N5[C@@H]6CC[C@@H]5COC6)CC4)nc3OCCCS(C)(=O)=O)nc2)ccc1Cl. The standard InChI is InChI=1S/C33H43ClN10O5S/c1-22(17-42-21-37-40-41-42)49-31-14-23(4-11-29(31)34)24-15-35-33(36-16-24)38-30-18-43(39-32(30)48-12-3-13-50(2,45)46)25-5-7-26(8-6-25)44-27-9-10-28(44)20-47-19-27/h4,11,14-16,18,21-22,25-28H,3,5-10,12-13,17,19-20H2,1-2H3,(H,35,36,38)/t22-,25?,26?,27+,28+/m0/s1. The summed E-state index contributed by atoms with van der Waals surface area (Å²) in [5.41, 5.74) is 2.25. The fourth-order valence-corrected chi connectivity index (χ4v) is 8.14. The molecule has 15 nitrogen and oxygen atoms in total. The maximum Gasteiger partial charge on any atom is 0.256 e. The van der Waals surface area contributed by atoms with Crippen LogP contribution in [0.25, 0.3) is 11.1 Å². The van der Waals surface area contributed by atoms with Gasteiger partial charge in [0.2, 0.25) is 5.95 Å². The van der Waals surface area contributed by atoms with Crippen LogP contribution < -0.4 is 14.8 Å². The van der Waals surface area contributed by atoms with Crippen molar-refractivity contribution in [2.24, 2.45) is 0 Å². The molecule has 0 radical (unpaired) electrons. The zero-order valence-electron chi connectivity index (χ0n) is 28.3. The molecule has 3 atom stereocenters. The molecule has 7 rings (SSSR count). The van der Waals surface area contributed by atoms with Gasteiger partial charge in [0.25, 0.3) is 5.88 Å². The first kappa shape index (κ1) is 34.6. The summed E-state index contributed by atoms with van der Waals surface area (Å²) in [4.78, 5) is 11.9. The van der Waals surface area contributed by atoms with Gasteiger partial charge in [-0.25, -0.2) is 23.1 Å². The highest BCUT2D eigenvalue weighted by molar-refractivity contribution is 7.90. The van der Waals surface area contributed by atoms with Gasteiger partial charge in [-0.1, -0.05) is 17.7 Å². The van der Waals surface area contributed by atoms with Crippen molar-refractivity contribution in [2.45, 2.75) is 88.7 Å². The summed E-state index contributed by atoms with van der Waals surface area (Å²) in [5, 5.41) is 19.8. The molecule has 268 valence electrons. The van der Waals surface area contributed by atoms with Gasteiger partial charge in [-0.05, 0) is 80.0 Å². The molecule has 3 aromatic heterocycles. The number of ether oxygens (including phenoxy) is 3. The van der Waals surface area contributed by atoms with E-state index in [0.29, 0.717) is 59.4 Å². The average molecular weight is 727 g/mol. The van der Waals surface area contributed by atoms with Crippen LogP contribution in [0, 0.1) is 0 Å². The highest BCUT2D eigenvalue weighted by atomic mass is 35.5. The zero-order valence-corrected chi connectivity index (χ0v) is 29.8. The van der Waals surface area contributed by atoms with E-state index in [1.54, 1.807) is 23.1 Å². The monoisotopic (exact) mass is 726 g/mol. The number of benzene rings is 1. The molecule has 0 amide bonds. The molecule has 3 fully saturated rings. The van der Waals surface area contributed by atoms with Gasteiger partial charge in [0, 0.05) is 42.3 Å². The molecule has 2 aliphatic heterocycles. The Hall–Kier alpha value is -3.86. The third-order valence-electron chi connectivity index (χ3n) is 9.68. The Morgan fingerprint density at radius 2 is 1.74 bits per heavy atom. The van der Waals surface area contributed by atoms with Crippen LogP contribution in [0.5, 0.6) is 11.6 Å². The number of hydrogen-bond acceptors (Lipinski definition) is 13. The van der Waals surface area contributed by atoms with Crippen LogP contribution >= 0.6 is 11.6 Å². The van der Waals surface area contributed by atoms with E-state index >= 15 is 0 Å². The van der Waals surface area contributed by atoms with Crippen molar-refractivity contribution in [2.75, 3.05) is 37.1 Å². The van der Waals surface area contributed by atoms with Crippen LogP contribution in [0.3, 0.4) is 0 Å². The van der Waals surface area contributed by atoms with Crippen molar-refractivity contribution in [1.82, 2.24) is 44.9 Å². The quantitative estimate of drug-likeness (QED) is 0.183. The molecule has 17 heteroatoms. The number of nitrogens with zero attached hydrogens (tertiary/aromatic N) is 9. The number of anilines is 2. The van der Waals surface area contributed by atoms with Crippen LogP contribution in [0.15, 0.2) is 43.1 Å². The molecule has 2 bridgehead atoms. The summed E-state index contributed by atoms with van der Waals surface area (Å²) < 4.78 is 44.9. The number of tetrazole rings is 1. The predicted octanol–water partition coefficient (Wildman–Crippen LogP) is 4.35. The molecule has 5 heterocycles. The van der Waals surface area contributed by atoms with Gasteiger partial charge in [-0.15, -0.1) is 10.2 Å². The predicted molar refractivity (Wildman–Crippen MR) is 186 cm³/mol. The second-order valence-corrected chi connectivity index (χ2v) is 16.2. The molecular weight excluding hydrogens is 684 g/mol. The van der Waals surface area contributed by atoms with Gasteiger partial charge < -0.3 is 19.5 Å². The first-order valence-corrected chi connectivity index (χ1v) is 19.6. The summed E-state index contributed by atoms with van der Waals surface area (Å²) in [5.74, 6) is 1.35. The number of sulfone groups is 1. The third-order valence-corrected chi connectivity index (χ3v) is 11.0. The van der Waals surface area contributed by atoms with E-state index in [2.05, 4.69) is 35.7 Å². The smallest absolute Gasteiger partial charge is 0.256 e. The number of aromatic nitrogens is 8. The maximum absolute atomic E-state index is 11.7. The molecule has 1 aromatic carbocycles. The molecule has 1 saturated carbocycles. The van der Waals surface area contributed by atoms with Crippen molar-refractivity contribution < 1.29 is 22.6 Å². The lowest BCUT2D eigenvalue weighted by Gasteiger charge is -2.43. The molecule has 0 spiro atoms. The van der Waals surface area contributed by atoms with Crippen LogP contribution in [-0.4, -0.2) is 109 Å². The van der Waals surface area contributed by atoms with Gasteiger partial charge in [0.05, 0.1) is 49.4 Å². The lowest BCUT2D eigenvalue weighted by molar-refractivity contribution is -0.0458. The van der Waals surface area contributed by atoms with Gasteiger partial charge in [0.1, 0.15) is 33.7 Å². The van der Waals surface area contributed by atoms with E-state index in [9.17, 15) is 8.42 Å². The van der Waals surface area contributed by atoms with Crippen molar-refractivity contribution in [3.8, 4) is 22.8 Å². The summed E-state index contributed by atoms with van der Waals surface area (Å²) in [6.07, 6.45) is 15.0. The minimum atomic E-state index is -3.09. The highest BCUT2D eigenvalue weighted by Crippen LogP contribution is 2.39. The fraction of sp³-hybridized carbons (Fsp3) is 0.576. The summed E-state index contributed by atoms with van der Waals surface area (Å²) in [6, 6.07) is 7.46. The van der Waals surface area contributed by atoms with E-state index < -0.39 is 9.84 Å². The molecule has 50 heavy (non-hydrogen) atoms. The first-order chi connectivity index (χ1) is 24.2. The Balaban J connectivity index is 1.02. The topological polar surface area (TPSA) is 164 Å². The second kappa shape index (κ2) is 15.2. The number of nitrogens with one attached hydrogen (secondary N) is 1. The van der Waals surface area contributed by atoms with E-state index in [1.807, 2.05) is 29.9 Å². The van der Waals surface area contributed by atoms with Gasteiger partial charge in [0.15, 0.2) is 0 Å². The number of hydrogen-bond donors (Lipinski definition) is 1. The third kappa shape index (κ3) is 8.36. The molecule has 3 aliphatic rings. The molecular formula is C33H43ClN10O5S. The van der Waals surface area contributed by atoms with Crippen LogP contribution in [-0.2, 0) is 21.1 Å². The Kier molecular flexibility index (Phi) is 10.5. The summed E-state index contributed by atoms with van der Waals surface area (Å²) in [6.45, 7) is 4.31. The normalized spacial score (nSPS) is 23.1. The lowest BCUT2D eigenvalue weighted by atomic mass is 9.89. The number of halogens is 1. The zero-order chi connectivity index (χ0) is 34.7. The van der Waals surface area contributed by atoms with E-state index in [0.717, 1.165) is 50.0 Å². The van der Waals surface area contributed by atoms with Gasteiger partial charge in [-0.3, -0.25) is 9.58 Å². The van der Waals surface area contributed by atoms with Gasteiger partial charge >= 0.3 is 0 Å². The number of morpholine rings is 1. The van der Waals surface area contributed by atoms with Crippen LogP contribution in [0.1, 0.15) is 57.9 Å². The molecule has 4 aromatic rings. The van der Waals surface area contributed by atoms with Crippen molar-refractivity contribution in [3.05, 3.63) is 48.1 Å². The van der Waals surface area contributed by atoms with Gasteiger partial charge in [-0.2, -0.15) is 0 Å².